The zero-order chi connectivity index (χ0) is 20.8. The minimum Gasteiger partial charge on any atom is -0.465 e. The highest BCUT2D eigenvalue weighted by molar-refractivity contribution is 5.82. The Morgan fingerprint density at radius 3 is 1.79 bits per heavy atom. The lowest BCUT2D eigenvalue weighted by molar-refractivity contribution is -0.165. The maximum atomic E-state index is 12.5. The van der Waals surface area contributed by atoms with Crippen molar-refractivity contribution in [1.82, 2.24) is 0 Å². The maximum absolute atomic E-state index is 12.5. The fraction of sp³-hybridized carbons (Fsp3) is 0.917. The molecule has 1 rings (SSSR count). The van der Waals surface area contributed by atoms with Crippen LogP contribution in [-0.4, -0.2) is 24.6 Å². The van der Waals surface area contributed by atoms with Gasteiger partial charge in [0.05, 0.1) is 24.5 Å². The van der Waals surface area contributed by atoms with Gasteiger partial charge in [0.2, 0.25) is 0 Å². The lowest BCUT2D eigenvalue weighted by Gasteiger charge is -2.28. The van der Waals surface area contributed by atoms with Crippen LogP contribution >= 0.6 is 0 Å². The predicted molar refractivity (Wildman–Crippen MR) is 114 cm³/mol. The van der Waals surface area contributed by atoms with E-state index >= 15 is 0 Å². The summed E-state index contributed by atoms with van der Waals surface area (Å²) in [5.74, 6) is -0.238. The van der Waals surface area contributed by atoms with E-state index in [-0.39, 0.29) is 29.9 Å². The molecule has 1 saturated carbocycles. The minimum atomic E-state index is -0.320. The average Bonchev–Trinajstić information content (AvgIpc) is 2.65. The molecule has 0 aromatic carbocycles. The third-order valence-electron chi connectivity index (χ3n) is 5.64. The molecule has 0 aromatic rings. The van der Waals surface area contributed by atoms with Gasteiger partial charge in [-0.3, -0.25) is 9.59 Å². The first-order valence-electron chi connectivity index (χ1n) is 11.8. The Bertz CT molecular complexity index is 430. The van der Waals surface area contributed by atoms with Gasteiger partial charge < -0.3 is 9.47 Å². The van der Waals surface area contributed by atoms with Gasteiger partial charge in [-0.05, 0) is 39.0 Å². The van der Waals surface area contributed by atoms with Gasteiger partial charge in [0.1, 0.15) is 0 Å². The number of carbonyl (C=O) groups excluding carboxylic acids is 2. The fourth-order valence-corrected chi connectivity index (χ4v) is 4.01. The highest BCUT2D eigenvalue weighted by Crippen LogP contribution is 2.32. The van der Waals surface area contributed by atoms with Gasteiger partial charge in [0.15, 0.2) is 0 Å². The predicted octanol–water partition coefficient (Wildman–Crippen LogP) is 6.45. The highest BCUT2D eigenvalue weighted by Gasteiger charge is 2.38. The van der Waals surface area contributed by atoms with Crippen molar-refractivity contribution in [2.75, 3.05) is 6.61 Å². The normalized spacial score (nSPS) is 19.8. The summed E-state index contributed by atoms with van der Waals surface area (Å²) in [6, 6.07) is 0. The van der Waals surface area contributed by atoms with Crippen molar-refractivity contribution in [2.24, 2.45) is 17.8 Å². The molecule has 0 N–H and O–H groups in total. The Kier molecular flexibility index (Phi) is 13.3. The summed E-state index contributed by atoms with van der Waals surface area (Å²) in [6.07, 6.45) is 14.6. The quantitative estimate of drug-likeness (QED) is 0.250. The monoisotopic (exact) mass is 396 g/mol. The van der Waals surface area contributed by atoms with Gasteiger partial charge in [0.25, 0.3) is 0 Å². The number of carbonyl (C=O) groups is 2. The topological polar surface area (TPSA) is 52.6 Å². The second kappa shape index (κ2) is 14.9. The molecule has 28 heavy (non-hydrogen) atoms. The number of esters is 2. The Balaban J connectivity index is 2.10. The molecule has 0 saturated heterocycles. The molecule has 1 aliphatic carbocycles. The molecule has 1 aliphatic rings. The van der Waals surface area contributed by atoms with E-state index in [4.69, 9.17) is 9.47 Å². The molecule has 2 unspecified atom stereocenters. The van der Waals surface area contributed by atoms with Crippen LogP contribution in [0.5, 0.6) is 0 Å². The van der Waals surface area contributed by atoms with Gasteiger partial charge >= 0.3 is 11.9 Å². The van der Waals surface area contributed by atoms with Crippen LogP contribution in [0.1, 0.15) is 111 Å². The van der Waals surface area contributed by atoms with Crippen LogP contribution in [0.4, 0.5) is 0 Å². The van der Waals surface area contributed by atoms with Crippen molar-refractivity contribution in [1.29, 1.82) is 0 Å². The van der Waals surface area contributed by atoms with Crippen LogP contribution in [0.15, 0.2) is 0 Å². The summed E-state index contributed by atoms with van der Waals surface area (Å²) in [5.41, 5.74) is 0. The van der Waals surface area contributed by atoms with E-state index in [1.165, 1.54) is 44.9 Å². The first-order chi connectivity index (χ1) is 13.4. The largest absolute Gasteiger partial charge is 0.465 e. The standard InChI is InChI=1S/C24H44O4/c1-19(2)15-11-9-7-5-6-8-10-14-18-27-23(25)21-16-12-13-17-22(21)24(26)28-20(3)4/h19-22H,5-18H2,1-4H3. The Hall–Kier alpha value is -1.06. The Labute approximate surface area is 173 Å². The molecule has 0 spiro atoms. The number of rotatable bonds is 14. The molecule has 4 heteroatoms. The van der Waals surface area contributed by atoms with Crippen LogP contribution in [0, 0.1) is 17.8 Å². The molecular weight excluding hydrogens is 352 g/mol. The van der Waals surface area contributed by atoms with E-state index in [1.54, 1.807) is 0 Å². The maximum Gasteiger partial charge on any atom is 0.310 e. The van der Waals surface area contributed by atoms with E-state index in [9.17, 15) is 9.59 Å². The third-order valence-corrected chi connectivity index (χ3v) is 5.64. The zero-order valence-electron chi connectivity index (χ0n) is 18.8. The van der Waals surface area contributed by atoms with E-state index in [0.717, 1.165) is 44.4 Å². The number of unbranched alkanes of at least 4 members (excludes halogenated alkanes) is 7. The second-order valence-corrected chi connectivity index (χ2v) is 9.16. The molecule has 164 valence electrons. The van der Waals surface area contributed by atoms with Crippen LogP contribution in [0.2, 0.25) is 0 Å². The summed E-state index contributed by atoms with van der Waals surface area (Å²) in [6.45, 7) is 8.76. The Morgan fingerprint density at radius 2 is 1.25 bits per heavy atom. The second-order valence-electron chi connectivity index (χ2n) is 9.16. The fourth-order valence-electron chi connectivity index (χ4n) is 4.01. The van der Waals surface area contributed by atoms with E-state index in [2.05, 4.69) is 13.8 Å². The molecule has 2 atom stereocenters. The zero-order valence-corrected chi connectivity index (χ0v) is 18.8. The summed E-state index contributed by atoms with van der Waals surface area (Å²) in [7, 11) is 0. The lowest BCUT2D eigenvalue weighted by Crippen LogP contribution is -2.36. The van der Waals surface area contributed by atoms with E-state index < -0.39 is 0 Å². The molecule has 4 nitrogen and oxygen atoms in total. The van der Waals surface area contributed by atoms with Crippen molar-refractivity contribution in [3.05, 3.63) is 0 Å². The lowest BCUT2D eigenvalue weighted by atomic mass is 9.79. The molecular formula is C24H44O4. The van der Waals surface area contributed by atoms with Crippen LogP contribution in [-0.2, 0) is 19.1 Å². The molecule has 0 amide bonds. The van der Waals surface area contributed by atoms with Crippen molar-refractivity contribution in [3.63, 3.8) is 0 Å². The highest BCUT2D eigenvalue weighted by atomic mass is 16.5. The number of ether oxygens (including phenoxy) is 2. The van der Waals surface area contributed by atoms with Crippen molar-refractivity contribution >= 4 is 11.9 Å². The molecule has 0 aliphatic heterocycles. The minimum absolute atomic E-state index is 0.138. The SMILES string of the molecule is CC(C)CCCCCCCCCCOC(=O)C1CCCCC1C(=O)OC(C)C. The number of hydrogen-bond donors (Lipinski definition) is 0. The van der Waals surface area contributed by atoms with Gasteiger partial charge in [0, 0.05) is 0 Å². The van der Waals surface area contributed by atoms with Crippen LogP contribution in [0.3, 0.4) is 0 Å². The van der Waals surface area contributed by atoms with Gasteiger partial charge in [-0.25, -0.2) is 0 Å². The van der Waals surface area contributed by atoms with E-state index in [0.29, 0.717) is 6.61 Å². The van der Waals surface area contributed by atoms with Gasteiger partial charge in [-0.2, -0.15) is 0 Å². The van der Waals surface area contributed by atoms with Gasteiger partial charge in [-0.15, -0.1) is 0 Å². The van der Waals surface area contributed by atoms with Crippen molar-refractivity contribution in [3.8, 4) is 0 Å². The summed E-state index contributed by atoms with van der Waals surface area (Å²) >= 11 is 0. The first-order valence-corrected chi connectivity index (χ1v) is 11.8. The number of hydrogen-bond acceptors (Lipinski definition) is 4. The summed E-state index contributed by atoms with van der Waals surface area (Å²) in [4.78, 5) is 24.7. The summed E-state index contributed by atoms with van der Waals surface area (Å²) in [5, 5.41) is 0. The molecule has 1 fully saturated rings. The smallest absolute Gasteiger partial charge is 0.310 e. The molecule has 0 aromatic heterocycles. The molecule has 0 radical (unpaired) electrons. The molecule has 0 heterocycles. The third kappa shape index (κ3) is 11.1. The molecule has 0 bridgehead atoms. The van der Waals surface area contributed by atoms with Gasteiger partial charge in [-0.1, -0.05) is 78.1 Å². The first kappa shape index (κ1) is 25.0. The van der Waals surface area contributed by atoms with Crippen LogP contribution < -0.4 is 0 Å². The van der Waals surface area contributed by atoms with E-state index in [1.807, 2.05) is 13.8 Å². The Morgan fingerprint density at radius 1 is 0.750 bits per heavy atom. The van der Waals surface area contributed by atoms with Crippen molar-refractivity contribution in [2.45, 2.75) is 117 Å². The van der Waals surface area contributed by atoms with Crippen molar-refractivity contribution < 1.29 is 19.1 Å². The van der Waals surface area contributed by atoms with Crippen LogP contribution in [0.25, 0.3) is 0 Å². The summed E-state index contributed by atoms with van der Waals surface area (Å²) < 4.78 is 10.8. The average molecular weight is 397 g/mol.